The molecule has 0 radical (unpaired) electrons. The molecule has 0 fully saturated rings. The Morgan fingerprint density at radius 3 is 2.16 bits per heavy atom. The molecule has 0 aliphatic heterocycles. The van der Waals surface area contributed by atoms with E-state index in [2.05, 4.69) is 10.6 Å². The molecule has 0 aliphatic rings. The number of amides is 2. The molecule has 2 rings (SSSR count). The lowest BCUT2D eigenvalue weighted by Crippen LogP contribution is -2.49. The lowest BCUT2D eigenvalue weighted by atomic mass is 10.0. The molecular weight excluding hydrogens is 359 g/mol. The summed E-state index contributed by atoms with van der Waals surface area (Å²) in [6.45, 7) is 4.03. The van der Waals surface area contributed by atoms with Crippen LogP contribution in [0.25, 0.3) is 0 Å². The summed E-state index contributed by atoms with van der Waals surface area (Å²) in [5.74, 6) is -0.731. The van der Waals surface area contributed by atoms with Crippen LogP contribution in [0, 0.1) is 5.92 Å². The first-order chi connectivity index (χ1) is 11.9. The smallest absolute Gasteiger partial charge is 0.253 e. The molecule has 2 aromatic carbocycles. The minimum absolute atomic E-state index is 0.0855. The number of hydrogen-bond acceptors (Lipinski definition) is 2. The van der Waals surface area contributed by atoms with Gasteiger partial charge in [-0.1, -0.05) is 67.4 Å². The average molecular weight is 379 g/mol. The summed E-state index contributed by atoms with van der Waals surface area (Å²) in [7, 11) is 0. The fourth-order valence-corrected chi connectivity index (χ4v) is 2.76. The van der Waals surface area contributed by atoms with Crippen molar-refractivity contribution in [3.63, 3.8) is 0 Å². The maximum absolute atomic E-state index is 12.5. The number of halogens is 2. The summed E-state index contributed by atoms with van der Waals surface area (Å²) in [5.41, 5.74) is 1.16. The van der Waals surface area contributed by atoms with Crippen molar-refractivity contribution in [3.05, 3.63) is 69.7 Å². The Morgan fingerprint density at radius 1 is 0.960 bits per heavy atom. The molecule has 2 N–H and O–H groups in total. The van der Waals surface area contributed by atoms with Crippen LogP contribution in [0.4, 0.5) is 0 Å². The third-order valence-corrected chi connectivity index (χ3v) is 4.46. The standard InChI is InChI=1S/C19H20Cl2N2O2/c1-12(2)17(23-18(24)14-8-4-6-10-16(14)21)19(25)22-11-13-7-3-5-9-15(13)20/h3-10,12,17H,11H2,1-2H3,(H,22,25)(H,23,24)/t17-/m0/s1. The number of carbonyl (C=O) groups is 2. The van der Waals surface area contributed by atoms with Crippen LogP contribution in [-0.4, -0.2) is 17.9 Å². The fraction of sp³-hybridized carbons (Fsp3) is 0.263. The van der Waals surface area contributed by atoms with Gasteiger partial charge >= 0.3 is 0 Å². The highest BCUT2D eigenvalue weighted by molar-refractivity contribution is 6.33. The fourth-order valence-electron chi connectivity index (χ4n) is 2.33. The van der Waals surface area contributed by atoms with E-state index in [1.807, 2.05) is 32.0 Å². The van der Waals surface area contributed by atoms with Gasteiger partial charge in [0.15, 0.2) is 0 Å². The van der Waals surface area contributed by atoms with E-state index in [1.165, 1.54) is 0 Å². The van der Waals surface area contributed by atoms with Gasteiger partial charge in [-0.3, -0.25) is 9.59 Å². The van der Waals surface area contributed by atoms with Gasteiger partial charge in [-0.2, -0.15) is 0 Å². The average Bonchev–Trinajstić information content (AvgIpc) is 2.58. The first-order valence-electron chi connectivity index (χ1n) is 7.96. The summed E-state index contributed by atoms with van der Waals surface area (Å²) in [6, 6.07) is 13.3. The Hall–Kier alpha value is -2.04. The summed E-state index contributed by atoms with van der Waals surface area (Å²) in [4.78, 5) is 24.9. The molecule has 132 valence electrons. The third-order valence-electron chi connectivity index (χ3n) is 3.77. The molecule has 0 saturated carbocycles. The normalized spacial score (nSPS) is 11.9. The predicted molar refractivity (Wildman–Crippen MR) is 101 cm³/mol. The van der Waals surface area contributed by atoms with Gasteiger partial charge in [0.05, 0.1) is 10.6 Å². The molecule has 0 unspecified atom stereocenters. The third kappa shape index (κ3) is 5.21. The van der Waals surface area contributed by atoms with Gasteiger partial charge in [-0.05, 0) is 29.7 Å². The lowest BCUT2D eigenvalue weighted by molar-refractivity contribution is -0.124. The molecule has 25 heavy (non-hydrogen) atoms. The molecule has 0 aromatic heterocycles. The van der Waals surface area contributed by atoms with Crippen LogP contribution in [0.1, 0.15) is 29.8 Å². The van der Waals surface area contributed by atoms with Crippen molar-refractivity contribution in [2.45, 2.75) is 26.4 Å². The van der Waals surface area contributed by atoms with Gasteiger partial charge in [-0.15, -0.1) is 0 Å². The van der Waals surface area contributed by atoms with Crippen LogP contribution >= 0.6 is 23.2 Å². The molecule has 6 heteroatoms. The molecule has 4 nitrogen and oxygen atoms in total. The summed E-state index contributed by atoms with van der Waals surface area (Å²) < 4.78 is 0. The van der Waals surface area contributed by atoms with Gasteiger partial charge in [0.2, 0.25) is 5.91 Å². The molecule has 0 saturated heterocycles. The van der Waals surface area contributed by atoms with E-state index in [9.17, 15) is 9.59 Å². The quantitative estimate of drug-likeness (QED) is 0.795. The van der Waals surface area contributed by atoms with Crippen LogP contribution < -0.4 is 10.6 Å². The van der Waals surface area contributed by atoms with Crippen LogP contribution in [0.15, 0.2) is 48.5 Å². The van der Waals surface area contributed by atoms with E-state index in [1.54, 1.807) is 30.3 Å². The van der Waals surface area contributed by atoms with Crippen LogP contribution in [0.5, 0.6) is 0 Å². The van der Waals surface area contributed by atoms with Gasteiger partial charge in [0, 0.05) is 11.6 Å². The number of rotatable bonds is 6. The molecule has 0 aliphatic carbocycles. The Balaban J connectivity index is 2.04. The second-order valence-electron chi connectivity index (χ2n) is 5.98. The van der Waals surface area contributed by atoms with Crippen molar-refractivity contribution >= 4 is 35.0 Å². The highest BCUT2D eigenvalue weighted by atomic mass is 35.5. The molecule has 0 heterocycles. The molecular formula is C19H20Cl2N2O2. The molecule has 1 atom stereocenters. The Kier molecular flexibility index (Phi) is 6.85. The van der Waals surface area contributed by atoms with Crippen molar-refractivity contribution < 1.29 is 9.59 Å². The van der Waals surface area contributed by atoms with E-state index >= 15 is 0 Å². The molecule has 2 amide bonds. The molecule has 2 aromatic rings. The number of nitrogens with one attached hydrogen (secondary N) is 2. The Labute approximate surface area is 157 Å². The topological polar surface area (TPSA) is 58.2 Å². The van der Waals surface area contributed by atoms with Crippen LogP contribution in [-0.2, 0) is 11.3 Å². The van der Waals surface area contributed by atoms with Crippen molar-refractivity contribution in [1.29, 1.82) is 0 Å². The highest BCUT2D eigenvalue weighted by Gasteiger charge is 2.25. The van der Waals surface area contributed by atoms with Crippen molar-refractivity contribution in [2.75, 3.05) is 0 Å². The first kappa shape index (κ1) is 19.3. The number of hydrogen-bond donors (Lipinski definition) is 2. The zero-order valence-corrected chi connectivity index (χ0v) is 15.6. The monoisotopic (exact) mass is 378 g/mol. The molecule has 0 bridgehead atoms. The van der Waals surface area contributed by atoms with Crippen LogP contribution in [0.2, 0.25) is 10.0 Å². The minimum Gasteiger partial charge on any atom is -0.350 e. The number of benzene rings is 2. The highest BCUT2D eigenvalue weighted by Crippen LogP contribution is 2.16. The van der Waals surface area contributed by atoms with Crippen molar-refractivity contribution in [2.24, 2.45) is 5.92 Å². The zero-order chi connectivity index (χ0) is 18.4. The van der Waals surface area contributed by atoms with Crippen molar-refractivity contribution in [1.82, 2.24) is 10.6 Å². The molecule has 0 spiro atoms. The largest absolute Gasteiger partial charge is 0.350 e. The lowest BCUT2D eigenvalue weighted by Gasteiger charge is -2.22. The van der Waals surface area contributed by atoms with Crippen molar-refractivity contribution in [3.8, 4) is 0 Å². The first-order valence-corrected chi connectivity index (χ1v) is 8.72. The Bertz CT molecular complexity index is 763. The summed E-state index contributed by atoms with van der Waals surface area (Å²) in [6.07, 6.45) is 0. The predicted octanol–water partition coefficient (Wildman–Crippen LogP) is 4.06. The SMILES string of the molecule is CC(C)[C@H](NC(=O)c1ccccc1Cl)C(=O)NCc1ccccc1Cl. The number of carbonyl (C=O) groups excluding carboxylic acids is 2. The maximum atomic E-state index is 12.5. The zero-order valence-electron chi connectivity index (χ0n) is 14.1. The van der Waals surface area contributed by atoms with E-state index < -0.39 is 6.04 Å². The summed E-state index contributed by atoms with van der Waals surface area (Å²) >= 11 is 12.1. The minimum atomic E-state index is -0.675. The van der Waals surface area contributed by atoms with Gasteiger partial charge in [0.25, 0.3) is 5.91 Å². The van der Waals surface area contributed by atoms with E-state index in [0.29, 0.717) is 22.2 Å². The maximum Gasteiger partial charge on any atom is 0.253 e. The van der Waals surface area contributed by atoms with Gasteiger partial charge in [-0.25, -0.2) is 0 Å². The van der Waals surface area contributed by atoms with Gasteiger partial charge in [0.1, 0.15) is 6.04 Å². The summed E-state index contributed by atoms with van der Waals surface area (Å²) in [5, 5.41) is 6.51. The van der Waals surface area contributed by atoms with E-state index in [0.717, 1.165) is 5.56 Å². The van der Waals surface area contributed by atoms with E-state index in [4.69, 9.17) is 23.2 Å². The van der Waals surface area contributed by atoms with Gasteiger partial charge < -0.3 is 10.6 Å². The van der Waals surface area contributed by atoms with E-state index in [-0.39, 0.29) is 17.7 Å². The second kappa shape index (κ2) is 8.88. The van der Waals surface area contributed by atoms with Crippen LogP contribution in [0.3, 0.4) is 0 Å². The second-order valence-corrected chi connectivity index (χ2v) is 6.80. The Morgan fingerprint density at radius 2 is 1.56 bits per heavy atom.